The monoisotopic (exact) mass is 443 g/mol. The molecule has 0 fully saturated rings. The number of fused-ring (bicyclic) bond motifs is 1. The van der Waals surface area contributed by atoms with Crippen molar-refractivity contribution in [1.29, 1.82) is 0 Å². The number of hydrogen-bond donors (Lipinski definition) is 3. The minimum absolute atomic E-state index is 0.247. The quantitative estimate of drug-likeness (QED) is 0.269. The summed E-state index contributed by atoms with van der Waals surface area (Å²) in [6.07, 6.45) is 0.626. The number of furan rings is 1. The summed E-state index contributed by atoms with van der Waals surface area (Å²) >= 11 is 0. The second-order valence-corrected chi connectivity index (χ2v) is 7.68. The van der Waals surface area contributed by atoms with Crippen molar-refractivity contribution in [1.82, 2.24) is 5.32 Å². The number of amides is 2. The van der Waals surface area contributed by atoms with E-state index in [1.54, 1.807) is 42.5 Å². The Morgan fingerprint density at radius 3 is 2.55 bits per heavy atom. The molecule has 0 aliphatic heterocycles. The van der Waals surface area contributed by atoms with Crippen molar-refractivity contribution < 1.29 is 18.7 Å². The number of carbonyl (C=O) groups excluding carboxylic acids is 2. The van der Waals surface area contributed by atoms with Crippen molar-refractivity contribution in [2.75, 3.05) is 24.2 Å². The van der Waals surface area contributed by atoms with Gasteiger partial charge in [-0.3, -0.25) is 9.59 Å². The third-order valence-electron chi connectivity index (χ3n) is 5.10. The van der Waals surface area contributed by atoms with Gasteiger partial charge in [0.2, 0.25) is 0 Å². The number of carbonyl (C=O) groups is 2. The third kappa shape index (κ3) is 5.51. The van der Waals surface area contributed by atoms with E-state index < -0.39 is 0 Å². The molecule has 3 aromatic carbocycles. The first-order valence-electron chi connectivity index (χ1n) is 10.7. The van der Waals surface area contributed by atoms with E-state index >= 15 is 0 Å². The van der Waals surface area contributed by atoms with Gasteiger partial charge in [0.1, 0.15) is 11.3 Å². The summed E-state index contributed by atoms with van der Waals surface area (Å²) in [6, 6.07) is 21.5. The van der Waals surface area contributed by atoms with Crippen LogP contribution in [0.25, 0.3) is 11.0 Å². The third-order valence-corrected chi connectivity index (χ3v) is 5.10. The number of aryl methyl sites for hydroxylation is 1. The van der Waals surface area contributed by atoms with Crippen LogP contribution in [0.15, 0.2) is 77.2 Å². The fourth-order valence-electron chi connectivity index (χ4n) is 3.31. The normalized spacial score (nSPS) is 10.7. The van der Waals surface area contributed by atoms with E-state index in [0.29, 0.717) is 53.6 Å². The lowest BCUT2D eigenvalue weighted by Crippen LogP contribution is -2.25. The molecule has 0 spiro atoms. The Morgan fingerprint density at radius 2 is 1.76 bits per heavy atom. The molecule has 0 saturated heterocycles. The molecule has 0 aliphatic rings. The maximum absolute atomic E-state index is 12.4. The van der Waals surface area contributed by atoms with Crippen molar-refractivity contribution in [3.63, 3.8) is 0 Å². The van der Waals surface area contributed by atoms with E-state index in [1.165, 1.54) is 0 Å². The average Bonchev–Trinajstić information content (AvgIpc) is 3.24. The highest BCUT2D eigenvalue weighted by Gasteiger charge is 2.12. The number of nitrogen functional groups attached to an aromatic ring is 1. The highest BCUT2D eigenvalue weighted by molar-refractivity contribution is 6.05. The zero-order valence-electron chi connectivity index (χ0n) is 18.3. The van der Waals surface area contributed by atoms with Crippen LogP contribution in [-0.4, -0.2) is 25.0 Å². The molecule has 4 rings (SSSR count). The molecular weight excluding hydrogens is 418 g/mol. The molecule has 0 atom stereocenters. The van der Waals surface area contributed by atoms with Crippen molar-refractivity contribution in [2.24, 2.45) is 0 Å². The van der Waals surface area contributed by atoms with E-state index in [0.717, 1.165) is 10.9 Å². The van der Waals surface area contributed by atoms with Crippen LogP contribution in [0.2, 0.25) is 0 Å². The maximum Gasteiger partial charge on any atom is 0.287 e. The Kier molecular flexibility index (Phi) is 6.59. The van der Waals surface area contributed by atoms with Crippen LogP contribution in [-0.2, 0) is 0 Å². The molecule has 168 valence electrons. The van der Waals surface area contributed by atoms with E-state index in [1.807, 2.05) is 37.3 Å². The van der Waals surface area contributed by atoms with Gasteiger partial charge >= 0.3 is 0 Å². The molecule has 0 bridgehead atoms. The highest BCUT2D eigenvalue weighted by Crippen LogP contribution is 2.21. The number of ether oxygens (including phenoxy) is 1. The van der Waals surface area contributed by atoms with Gasteiger partial charge in [-0.1, -0.05) is 24.3 Å². The van der Waals surface area contributed by atoms with E-state index in [-0.39, 0.29) is 11.8 Å². The van der Waals surface area contributed by atoms with Crippen LogP contribution >= 0.6 is 0 Å². The van der Waals surface area contributed by atoms with E-state index in [2.05, 4.69) is 10.6 Å². The van der Waals surface area contributed by atoms with Gasteiger partial charge in [-0.05, 0) is 67.4 Å². The number of nitrogens with two attached hydrogens (primary N) is 1. The van der Waals surface area contributed by atoms with Crippen LogP contribution < -0.4 is 21.1 Å². The standard InChI is InChI=1S/C26H25N3O4/c1-17-7-8-19-16-24(33-23(19)15-17)26(31)28-13-4-14-32-20-11-9-18(10-12-20)25(30)29-22-6-3-2-5-21(22)27/h2-3,5-12,15-16H,4,13-14,27H2,1H3,(H,28,31)(H,29,30). The fourth-order valence-corrected chi connectivity index (χ4v) is 3.31. The predicted molar refractivity (Wildman–Crippen MR) is 129 cm³/mol. The highest BCUT2D eigenvalue weighted by atomic mass is 16.5. The molecule has 4 aromatic rings. The van der Waals surface area contributed by atoms with Gasteiger partial charge in [0.05, 0.1) is 18.0 Å². The van der Waals surface area contributed by atoms with Gasteiger partial charge in [-0.25, -0.2) is 0 Å². The lowest BCUT2D eigenvalue weighted by atomic mass is 10.2. The first-order valence-corrected chi connectivity index (χ1v) is 10.7. The molecule has 0 radical (unpaired) electrons. The second-order valence-electron chi connectivity index (χ2n) is 7.68. The van der Waals surface area contributed by atoms with Crippen molar-refractivity contribution in [3.05, 3.63) is 89.7 Å². The number of rotatable bonds is 8. The van der Waals surface area contributed by atoms with Crippen LogP contribution in [0, 0.1) is 6.92 Å². The molecule has 33 heavy (non-hydrogen) atoms. The van der Waals surface area contributed by atoms with Crippen molar-refractivity contribution in [2.45, 2.75) is 13.3 Å². The Labute approximate surface area is 191 Å². The number of para-hydroxylation sites is 2. The predicted octanol–water partition coefficient (Wildman–Crippen LogP) is 4.77. The van der Waals surface area contributed by atoms with Crippen LogP contribution in [0.3, 0.4) is 0 Å². The molecule has 0 aliphatic carbocycles. The summed E-state index contributed by atoms with van der Waals surface area (Å²) in [5.74, 6) is 0.438. The van der Waals surface area contributed by atoms with Crippen LogP contribution in [0.1, 0.15) is 32.9 Å². The van der Waals surface area contributed by atoms with Gasteiger partial charge in [-0.2, -0.15) is 0 Å². The summed E-state index contributed by atoms with van der Waals surface area (Å²) < 4.78 is 11.3. The van der Waals surface area contributed by atoms with Crippen LogP contribution in [0.5, 0.6) is 5.75 Å². The number of hydrogen-bond acceptors (Lipinski definition) is 5. The molecule has 4 N–H and O–H groups in total. The molecule has 0 unspecified atom stereocenters. The maximum atomic E-state index is 12.4. The number of nitrogens with one attached hydrogen (secondary N) is 2. The molecule has 1 aromatic heterocycles. The zero-order chi connectivity index (χ0) is 23.2. The Hall–Kier alpha value is -4.26. The first-order chi connectivity index (χ1) is 16.0. The average molecular weight is 444 g/mol. The molecule has 1 heterocycles. The lowest BCUT2D eigenvalue weighted by Gasteiger charge is -2.09. The van der Waals surface area contributed by atoms with Crippen LogP contribution in [0.4, 0.5) is 11.4 Å². The van der Waals surface area contributed by atoms with Gasteiger partial charge in [-0.15, -0.1) is 0 Å². The molecular formula is C26H25N3O4. The zero-order valence-corrected chi connectivity index (χ0v) is 18.3. The number of benzene rings is 3. The summed E-state index contributed by atoms with van der Waals surface area (Å²) in [5, 5.41) is 6.53. The smallest absolute Gasteiger partial charge is 0.287 e. The minimum atomic E-state index is -0.252. The van der Waals surface area contributed by atoms with E-state index in [9.17, 15) is 9.59 Å². The minimum Gasteiger partial charge on any atom is -0.494 e. The largest absolute Gasteiger partial charge is 0.494 e. The molecule has 7 heteroatoms. The molecule has 2 amide bonds. The summed E-state index contributed by atoms with van der Waals surface area (Å²) in [4.78, 5) is 24.7. The summed E-state index contributed by atoms with van der Waals surface area (Å²) in [5.41, 5.74) is 9.22. The van der Waals surface area contributed by atoms with Gasteiger partial charge in [0.15, 0.2) is 5.76 Å². The van der Waals surface area contributed by atoms with Crippen molar-refractivity contribution in [3.8, 4) is 5.75 Å². The summed E-state index contributed by atoms with van der Waals surface area (Å²) in [7, 11) is 0. The lowest BCUT2D eigenvalue weighted by molar-refractivity contribution is 0.0925. The SMILES string of the molecule is Cc1ccc2cc(C(=O)NCCCOc3ccc(C(=O)Nc4ccccc4N)cc3)oc2c1. The molecule has 0 saturated carbocycles. The van der Waals surface area contributed by atoms with E-state index in [4.69, 9.17) is 14.9 Å². The Bertz CT molecular complexity index is 1280. The second kappa shape index (κ2) is 9.91. The van der Waals surface area contributed by atoms with Gasteiger partial charge in [0.25, 0.3) is 11.8 Å². The fraction of sp³-hybridized carbons (Fsp3) is 0.154. The first kappa shape index (κ1) is 22.0. The topological polar surface area (TPSA) is 107 Å². The van der Waals surface area contributed by atoms with Gasteiger partial charge in [0, 0.05) is 17.5 Å². The summed E-state index contributed by atoms with van der Waals surface area (Å²) in [6.45, 7) is 2.85. The Morgan fingerprint density at radius 1 is 0.970 bits per heavy atom. The number of anilines is 2. The van der Waals surface area contributed by atoms with Crippen molar-refractivity contribution >= 4 is 34.2 Å². The Balaban J connectivity index is 1.21. The van der Waals surface area contributed by atoms with Gasteiger partial charge < -0.3 is 25.5 Å². The molecule has 7 nitrogen and oxygen atoms in total.